The first-order valence-electron chi connectivity index (χ1n) is 8.00. The Kier molecular flexibility index (Phi) is 6.56. The van der Waals surface area contributed by atoms with E-state index in [4.69, 9.17) is 46.4 Å². The van der Waals surface area contributed by atoms with Gasteiger partial charge in [-0.25, -0.2) is 0 Å². The molecule has 2 aromatic heterocycles. The van der Waals surface area contributed by atoms with E-state index in [0.717, 1.165) is 20.4 Å². The molecular formula is C18H9Cl4N3OS3. The lowest BCUT2D eigenvalue weighted by molar-refractivity contribution is 0.103. The van der Waals surface area contributed by atoms with Crippen LogP contribution in [0.4, 0.5) is 5.13 Å². The molecule has 1 N–H and O–H groups in total. The molecule has 0 unspecified atom stereocenters. The molecule has 4 nitrogen and oxygen atoms in total. The third-order valence-electron chi connectivity index (χ3n) is 3.76. The summed E-state index contributed by atoms with van der Waals surface area (Å²) in [6.45, 7) is 0. The summed E-state index contributed by atoms with van der Waals surface area (Å²) in [5.41, 5.74) is 1.12. The van der Waals surface area contributed by atoms with E-state index in [-0.39, 0.29) is 5.91 Å². The molecule has 29 heavy (non-hydrogen) atoms. The number of carbonyl (C=O) groups is 1. The monoisotopic (exact) mass is 519 g/mol. The minimum absolute atomic E-state index is 0.297. The fraction of sp³-hybridized carbons (Fsp3) is 0.0556. The molecule has 11 heteroatoms. The highest BCUT2D eigenvalue weighted by Crippen LogP contribution is 2.41. The lowest BCUT2D eigenvalue weighted by Gasteiger charge is -1.99. The molecule has 0 saturated carbocycles. The van der Waals surface area contributed by atoms with Crippen molar-refractivity contribution in [2.45, 2.75) is 10.1 Å². The molecule has 148 valence electrons. The summed E-state index contributed by atoms with van der Waals surface area (Å²) in [7, 11) is 0. The first kappa shape index (κ1) is 21.2. The lowest BCUT2D eigenvalue weighted by Crippen LogP contribution is -2.10. The van der Waals surface area contributed by atoms with Crippen molar-refractivity contribution in [3.8, 4) is 0 Å². The first-order chi connectivity index (χ1) is 13.9. The Morgan fingerprint density at radius 2 is 1.76 bits per heavy atom. The fourth-order valence-corrected chi connectivity index (χ4v) is 6.56. The average Bonchev–Trinajstić information content (AvgIpc) is 3.25. The van der Waals surface area contributed by atoms with Gasteiger partial charge in [0.2, 0.25) is 5.13 Å². The molecule has 0 spiro atoms. The van der Waals surface area contributed by atoms with E-state index in [1.165, 1.54) is 34.4 Å². The highest BCUT2D eigenvalue weighted by Gasteiger charge is 2.21. The van der Waals surface area contributed by atoms with Gasteiger partial charge in [0.25, 0.3) is 5.91 Å². The van der Waals surface area contributed by atoms with E-state index in [9.17, 15) is 4.79 Å². The molecular weight excluding hydrogens is 512 g/mol. The lowest BCUT2D eigenvalue weighted by atomic mass is 10.2. The van der Waals surface area contributed by atoms with Crippen LogP contribution >= 0.6 is 80.8 Å². The van der Waals surface area contributed by atoms with Gasteiger partial charge in [0, 0.05) is 25.9 Å². The molecule has 2 aromatic carbocycles. The van der Waals surface area contributed by atoms with Gasteiger partial charge < -0.3 is 0 Å². The third kappa shape index (κ3) is 4.82. The number of rotatable bonds is 5. The Bertz CT molecular complexity index is 1210. The van der Waals surface area contributed by atoms with Crippen LogP contribution in [-0.2, 0) is 5.75 Å². The van der Waals surface area contributed by atoms with Gasteiger partial charge in [0.1, 0.15) is 4.88 Å². The topological polar surface area (TPSA) is 54.9 Å². The van der Waals surface area contributed by atoms with Crippen LogP contribution in [0.2, 0.25) is 20.1 Å². The molecule has 0 aliphatic carbocycles. The van der Waals surface area contributed by atoms with Crippen LogP contribution < -0.4 is 5.32 Å². The van der Waals surface area contributed by atoms with Crippen molar-refractivity contribution in [1.29, 1.82) is 0 Å². The van der Waals surface area contributed by atoms with Crippen molar-refractivity contribution >= 4 is 102 Å². The molecule has 4 aromatic rings. The van der Waals surface area contributed by atoms with Crippen molar-refractivity contribution in [2.24, 2.45) is 0 Å². The van der Waals surface area contributed by atoms with Gasteiger partial charge in [0.05, 0.1) is 10.0 Å². The minimum Gasteiger partial charge on any atom is -0.296 e. The second-order valence-electron chi connectivity index (χ2n) is 5.75. The highest BCUT2D eigenvalue weighted by atomic mass is 35.5. The predicted octanol–water partition coefficient (Wildman–Crippen LogP) is 7.91. The number of thiophene rings is 1. The summed E-state index contributed by atoms with van der Waals surface area (Å²) in [6, 6.07) is 10.9. The van der Waals surface area contributed by atoms with E-state index in [1.807, 2.05) is 24.3 Å². The van der Waals surface area contributed by atoms with Crippen LogP contribution in [0.5, 0.6) is 0 Å². The van der Waals surface area contributed by atoms with Crippen molar-refractivity contribution in [1.82, 2.24) is 10.2 Å². The number of aromatic nitrogens is 2. The zero-order valence-electron chi connectivity index (χ0n) is 14.2. The Labute approximate surface area is 198 Å². The smallest absolute Gasteiger partial charge is 0.269 e. The summed E-state index contributed by atoms with van der Waals surface area (Å²) < 4.78 is 1.49. The maximum Gasteiger partial charge on any atom is 0.269 e. The zero-order chi connectivity index (χ0) is 20.5. The molecule has 0 radical (unpaired) electrons. The van der Waals surface area contributed by atoms with Crippen molar-refractivity contribution < 1.29 is 4.79 Å². The summed E-state index contributed by atoms with van der Waals surface area (Å²) in [6.07, 6.45) is 0. The van der Waals surface area contributed by atoms with Crippen LogP contribution in [0.1, 0.15) is 15.2 Å². The van der Waals surface area contributed by atoms with Gasteiger partial charge in [-0.15, -0.1) is 21.5 Å². The van der Waals surface area contributed by atoms with Crippen LogP contribution in [0.25, 0.3) is 10.1 Å². The van der Waals surface area contributed by atoms with E-state index in [1.54, 1.807) is 12.1 Å². The van der Waals surface area contributed by atoms with Crippen LogP contribution in [0, 0.1) is 0 Å². The van der Waals surface area contributed by atoms with E-state index in [2.05, 4.69) is 15.5 Å². The van der Waals surface area contributed by atoms with Crippen molar-refractivity contribution in [2.75, 3.05) is 5.32 Å². The number of halogens is 4. The Morgan fingerprint density at radius 1 is 1.00 bits per heavy atom. The maximum absolute atomic E-state index is 12.7. The molecule has 4 rings (SSSR count). The standard InChI is InChI=1S/C18H9Cl4N3OS3/c19-9-3-1-8(2-4-9)7-27-18-25-24-17(29-18)23-16(26)15-14(22)13-11(21)5-10(20)6-12(13)28-15/h1-6H,7H2,(H,23,24,26). The van der Waals surface area contributed by atoms with Crippen LogP contribution in [-0.4, -0.2) is 16.1 Å². The van der Waals surface area contributed by atoms with Gasteiger partial charge in [-0.05, 0) is 29.8 Å². The molecule has 0 fully saturated rings. The number of thioether (sulfide) groups is 1. The quantitative estimate of drug-likeness (QED) is 0.214. The summed E-state index contributed by atoms with van der Waals surface area (Å²) in [4.78, 5) is 13.0. The molecule has 2 heterocycles. The number of fused-ring (bicyclic) bond motifs is 1. The first-order valence-corrected chi connectivity index (χ1v) is 12.1. The third-order valence-corrected chi connectivity index (χ3v) is 8.20. The number of amides is 1. The highest BCUT2D eigenvalue weighted by molar-refractivity contribution is 8.00. The number of nitrogens with zero attached hydrogens (tertiary/aromatic N) is 2. The number of anilines is 1. The van der Waals surface area contributed by atoms with E-state index in [0.29, 0.717) is 35.5 Å². The second kappa shape index (κ2) is 8.98. The van der Waals surface area contributed by atoms with Gasteiger partial charge in [-0.3, -0.25) is 10.1 Å². The van der Waals surface area contributed by atoms with Gasteiger partial charge in [-0.2, -0.15) is 0 Å². The summed E-state index contributed by atoms with van der Waals surface area (Å²) in [5, 5.41) is 13.8. The Balaban J connectivity index is 1.46. The number of hydrogen-bond acceptors (Lipinski definition) is 6. The zero-order valence-corrected chi connectivity index (χ0v) is 19.7. The normalized spacial score (nSPS) is 11.2. The summed E-state index contributed by atoms with van der Waals surface area (Å²) in [5.74, 6) is 0.357. The number of nitrogens with one attached hydrogen (secondary N) is 1. The molecule has 1 amide bonds. The Hall–Kier alpha value is -1.06. The molecule has 0 saturated heterocycles. The molecule has 0 atom stereocenters. The van der Waals surface area contributed by atoms with E-state index >= 15 is 0 Å². The average molecular weight is 521 g/mol. The SMILES string of the molecule is O=C(Nc1nnc(SCc2ccc(Cl)cc2)s1)c1sc2cc(Cl)cc(Cl)c2c1Cl. The molecule has 0 aliphatic heterocycles. The Morgan fingerprint density at radius 3 is 2.52 bits per heavy atom. The number of benzene rings is 2. The molecule has 0 aliphatic rings. The predicted molar refractivity (Wildman–Crippen MR) is 126 cm³/mol. The van der Waals surface area contributed by atoms with Crippen molar-refractivity contribution in [3.63, 3.8) is 0 Å². The number of carbonyl (C=O) groups excluding carboxylic acids is 1. The van der Waals surface area contributed by atoms with Crippen LogP contribution in [0.3, 0.4) is 0 Å². The largest absolute Gasteiger partial charge is 0.296 e. The van der Waals surface area contributed by atoms with Crippen molar-refractivity contribution in [3.05, 3.63) is 66.9 Å². The van der Waals surface area contributed by atoms with E-state index < -0.39 is 0 Å². The number of hydrogen-bond donors (Lipinski definition) is 1. The van der Waals surface area contributed by atoms with Crippen LogP contribution in [0.15, 0.2) is 40.7 Å². The summed E-state index contributed by atoms with van der Waals surface area (Å²) >= 11 is 28.6. The minimum atomic E-state index is -0.367. The maximum atomic E-state index is 12.7. The van der Waals surface area contributed by atoms with Gasteiger partial charge >= 0.3 is 0 Å². The van der Waals surface area contributed by atoms with Gasteiger partial charge in [0.15, 0.2) is 4.34 Å². The van der Waals surface area contributed by atoms with Gasteiger partial charge in [-0.1, -0.05) is 81.6 Å². The fourth-order valence-electron chi connectivity index (χ4n) is 2.46. The molecule has 0 bridgehead atoms. The second-order valence-corrected chi connectivity index (χ2v) is 10.7.